The van der Waals surface area contributed by atoms with Crippen LogP contribution in [0.4, 0.5) is 0 Å². The number of nitrogens with zero attached hydrogens (tertiary/aromatic N) is 4. The third kappa shape index (κ3) is 2.71. The maximum atomic E-state index is 12.9. The lowest BCUT2D eigenvalue weighted by atomic mass is 9.95. The minimum atomic E-state index is -0.131. The van der Waals surface area contributed by atoms with Gasteiger partial charge in [0.1, 0.15) is 5.69 Å². The van der Waals surface area contributed by atoms with E-state index in [1.54, 1.807) is 21.7 Å². The van der Waals surface area contributed by atoms with Crippen molar-refractivity contribution in [3.8, 4) is 11.3 Å². The molecule has 128 valence electrons. The summed E-state index contributed by atoms with van der Waals surface area (Å²) in [5.74, 6) is -0.0923. The first-order chi connectivity index (χ1) is 12.0. The van der Waals surface area contributed by atoms with E-state index in [-0.39, 0.29) is 11.8 Å². The van der Waals surface area contributed by atoms with E-state index >= 15 is 0 Å². The van der Waals surface area contributed by atoms with Gasteiger partial charge in [0, 0.05) is 24.1 Å². The van der Waals surface area contributed by atoms with Crippen molar-refractivity contribution >= 4 is 11.5 Å². The van der Waals surface area contributed by atoms with Gasteiger partial charge in [-0.15, -0.1) is 5.10 Å². The fourth-order valence-electron chi connectivity index (χ4n) is 3.18. The molecule has 1 aliphatic heterocycles. The van der Waals surface area contributed by atoms with E-state index in [4.69, 9.17) is 0 Å². The van der Waals surface area contributed by atoms with E-state index in [1.807, 2.05) is 45.2 Å². The molecular formula is C20H22N4O. The van der Waals surface area contributed by atoms with Crippen LogP contribution in [0.1, 0.15) is 25.1 Å². The monoisotopic (exact) mass is 334 g/mol. The summed E-state index contributed by atoms with van der Waals surface area (Å²) in [5, 5.41) is 8.54. The van der Waals surface area contributed by atoms with Gasteiger partial charge in [-0.3, -0.25) is 4.79 Å². The molecule has 0 atom stereocenters. The minimum absolute atomic E-state index is 0.0383. The number of carbonyl (C=O) groups excluding carboxylic acids is 1. The SMILES string of the molecule is C=C/C1=C(\C=C)N(C(=O)C(C)C)Cc2ccccc2-c2c1nnn2C. The highest BCUT2D eigenvalue weighted by Crippen LogP contribution is 2.36. The summed E-state index contributed by atoms with van der Waals surface area (Å²) in [4.78, 5) is 14.7. The number of aromatic nitrogens is 3. The predicted molar refractivity (Wildman–Crippen MR) is 99.1 cm³/mol. The smallest absolute Gasteiger partial charge is 0.229 e. The minimum Gasteiger partial charge on any atom is -0.307 e. The van der Waals surface area contributed by atoms with Crippen molar-refractivity contribution < 1.29 is 4.79 Å². The summed E-state index contributed by atoms with van der Waals surface area (Å²) < 4.78 is 1.76. The number of carbonyl (C=O) groups is 1. The molecule has 1 aliphatic rings. The van der Waals surface area contributed by atoms with Crippen LogP contribution < -0.4 is 0 Å². The Hall–Kier alpha value is -2.95. The zero-order chi connectivity index (χ0) is 18.1. The molecule has 3 rings (SSSR count). The average molecular weight is 334 g/mol. The van der Waals surface area contributed by atoms with Gasteiger partial charge >= 0.3 is 0 Å². The molecule has 0 fully saturated rings. The molecule has 0 bridgehead atoms. The van der Waals surface area contributed by atoms with Crippen molar-refractivity contribution in [1.82, 2.24) is 19.9 Å². The van der Waals surface area contributed by atoms with Crippen LogP contribution in [0, 0.1) is 5.92 Å². The van der Waals surface area contributed by atoms with Crippen LogP contribution in [-0.2, 0) is 18.4 Å². The molecule has 5 heteroatoms. The van der Waals surface area contributed by atoms with Crippen LogP contribution in [0.5, 0.6) is 0 Å². The lowest BCUT2D eigenvalue weighted by molar-refractivity contribution is -0.132. The lowest BCUT2D eigenvalue weighted by Gasteiger charge is -2.30. The molecular weight excluding hydrogens is 312 g/mol. The van der Waals surface area contributed by atoms with Gasteiger partial charge in [0.25, 0.3) is 0 Å². The van der Waals surface area contributed by atoms with Crippen LogP contribution >= 0.6 is 0 Å². The summed E-state index contributed by atoms with van der Waals surface area (Å²) in [6.07, 6.45) is 3.42. The number of allylic oxidation sites excluding steroid dienone is 3. The second kappa shape index (κ2) is 6.51. The van der Waals surface area contributed by atoms with Crippen LogP contribution in [-0.4, -0.2) is 25.8 Å². The van der Waals surface area contributed by atoms with E-state index in [9.17, 15) is 4.79 Å². The summed E-state index contributed by atoms with van der Waals surface area (Å²) in [7, 11) is 1.87. The van der Waals surface area contributed by atoms with Gasteiger partial charge in [-0.05, 0) is 11.6 Å². The largest absolute Gasteiger partial charge is 0.307 e. The van der Waals surface area contributed by atoms with Crippen molar-refractivity contribution in [3.63, 3.8) is 0 Å². The Morgan fingerprint density at radius 1 is 1.24 bits per heavy atom. The molecule has 2 aromatic rings. The van der Waals surface area contributed by atoms with E-state index in [0.717, 1.165) is 22.4 Å². The van der Waals surface area contributed by atoms with Gasteiger partial charge < -0.3 is 4.90 Å². The van der Waals surface area contributed by atoms with E-state index < -0.39 is 0 Å². The zero-order valence-electron chi connectivity index (χ0n) is 14.9. The quantitative estimate of drug-likeness (QED) is 0.862. The second-order valence-corrected chi connectivity index (χ2v) is 6.35. The Morgan fingerprint density at radius 3 is 2.60 bits per heavy atom. The van der Waals surface area contributed by atoms with E-state index in [0.29, 0.717) is 17.9 Å². The van der Waals surface area contributed by atoms with E-state index in [2.05, 4.69) is 23.5 Å². The first-order valence-electron chi connectivity index (χ1n) is 8.28. The molecule has 5 nitrogen and oxygen atoms in total. The van der Waals surface area contributed by atoms with Crippen molar-refractivity contribution in [3.05, 3.63) is 66.5 Å². The van der Waals surface area contributed by atoms with Gasteiger partial charge in [0.05, 0.1) is 17.9 Å². The first kappa shape index (κ1) is 16.9. The molecule has 0 aliphatic carbocycles. The van der Waals surface area contributed by atoms with Crippen LogP contribution in [0.3, 0.4) is 0 Å². The molecule has 1 aromatic carbocycles. The van der Waals surface area contributed by atoms with Gasteiger partial charge in [0.2, 0.25) is 5.91 Å². The molecule has 0 radical (unpaired) electrons. The third-order valence-electron chi connectivity index (χ3n) is 4.41. The van der Waals surface area contributed by atoms with Gasteiger partial charge in [-0.1, -0.05) is 62.6 Å². The molecule has 0 spiro atoms. The standard InChI is InChI=1S/C20H22N4O/c1-6-15-17(7-2)24(20(25)13(3)4)12-14-10-8-9-11-16(14)19-18(15)21-22-23(19)5/h6-11,13H,1-2,12H2,3-5H3/b17-15-. The van der Waals surface area contributed by atoms with Crippen LogP contribution in [0.2, 0.25) is 0 Å². The number of amides is 1. The highest BCUT2D eigenvalue weighted by Gasteiger charge is 2.29. The Morgan fingerprint density at radius 2 is 1.96 bits per heavy atom. The normalized spacial score (nSPS) is 16.7. The summed E-state index contributed by atoms with van der Waals surface area (Å²) in [5.41, 5.74) is 5.17. The lowest BCUT2D eigenvalue weighted by Crippen LogP contribution is -2.34. The Labute approximate surface area is 148 Å². The number of benzene rings is 1. The molecule has 0 N–H and O–H groups in total. The van der Waals surface area contributed by atoms with Crippen molar-refractivity contribution in [2.45, 2.75) is 20.4 Å². The van der Waals surface area contributed by atoms with Crippen LogP contribution in [0.15, 0.2) is 55.3 Å². The maximum absolute atomic E-state index is 12.9. The fourth-order valence-corrected chi connectivity index (χ4v) is 3.18. The van der Waals surface area contributed by atoms with Gasteiger partial charge in [0.15, 0.2) is 0 Å². The van der Waals surface area contributed by atoms with Crippen molar-refractivity contribution in [2.75, 3.05) is 0 Å². The van der Waals surface area contributed by atoms with Crippen molar-refractivity contribution in [1.29, 1.82) is 0 Å². The summed E-state index contributed by atoms with van der Waals surface area (Å²) in [6.45, 7) is 12.1. The Kier molecular flexibility index (Phi) is 4.40. The molecule has 0 unspecified atom stereocenters. The first-order valence-corrected chi connectivity index (χ1v) is 8.28. The van der Waals surface area contributed by atoms with Crippen LogP contribution in [0.25, 0.3) is 16.8 Å². The topological polar surface area (TPSA) is 51.0 Å². The summed E-state index contributed by atoms with van der Waals surface area (Å²) in [6, 6.07) is 8.03. The number of hydrogen-bond acceptors (Lipinski definition) is 3. The Bertz CT molecular complexity index is 889. The fraction of sp³-hybridized carbons (Fsp3) is 0.250. The van der Waals surface area contributed by atoms with Crippen molar-refractivity contribution in [2.24, 2.45) is 13.0 Å². The highest BCUT2D eigenvalue weighted by atomic mass is 16.2. The molecule has 1 aromatic heterocycles. The average Bonchev–Trinajstić information content (AvgIpc) is 2.96. The molecule has 25 heavy (non-hydrogen) atoms. The maximum Gasteiger partial charge on any atom is 0.229 e. The molecule has 0 saturated heterocycles. The predicted octanol–water partition coefficient (Wildman–Crippen LogP) is 3.56. The highest BCUT2D eigenvalue weighted by molar-refractivity contribution is 5.90. The van der Waals surface area contributed by atoms with E-state index in [1.165, 1.54) is 0 Å². The number of fused-ring (bicyclic) bond motifs is 3. The second-order valence-electron chi connectivity index (χ2n) is 6.35. The number of rotatable bonds is 3. The van der Waals surface area contributed by atoms with Gasteiger partial charge in [-0.2, -0.15) is 0 Å². The molecule has 1 amide bonds. The summed E-state index contributed by atoms with van der Waals surface area (Å²) >= 11 is 0. The molecule has 2 heterocycles. The number of aryl methyl sites for hydroxylation is 1. The number of hydrogen-bond donors (Lipinski definition) is 0. The van der Waals surface area contributed by atoms with Gasteiger partial charge in [-0.25, -0.2) is 4.68 Å². The third-order valence-corrected chi connectivity index (χ3v) is 4.41. The zero-order valence-corrected chi connectivity index (χ0v) is 14.9. The molecule has 0 saturated carbocycles. The Balaban J connectivity index is 2.38.